The number of aryl methyl sites for hydroxylation is 2. The number of aromatic amines is 1. The monoisotopic (exact) mass is 475 g/mol. The number of nitrogens with zero attached hydrogens (tertiary/aromatic N) is 3. The van der Waals surface area contributed by atoms with Gasteiger partial charge in [0.05, 0.1) is 11.3 Å². The molecule has 180 valence electrons. The molecule has 1 N–H and O–H groups in total. The molecule has 35 heavy (non-hydrogen) atoms. The molecule has 0 unspecified atom stereocenters. The van der Waals surface area contributed by atoms with Crippen LogP contribution in [0.15, 0.2) is 53.6 Å². The summed E-state index contributed by atoms with van der Waals surface area (Å²) in [5.74, 6) is -1.21. The number of carbonyl (C=O) groups is 2. The number of nitrogens with one attached hydrogen (secondary N) is 1. The number of hydrogen-bond donors (Lipinski definition) is 1. The lowest BCUT2D eigenvalue weighted by molar-refractivity contribution is -0.577. The molecule has 0 atom stereocenters. The number of carbonyl (C=O) groups excluding carboxylic acids is 2. The number of rotatable bonds is 5. The van der Waals surface area contributed by atoms with Crippen LogP contribution in [0.4, 0.5) is 4.39 Å². The molecule has 1 aliphatic heterocycles. The highest BCUT2D eigenvalue weighted by atomic mass is 19.1. The lowest BCUT2D eigenvalue weighted by Crippen LogP contribution is -2.45. The smallest absolute Gasteiger partial charge is 0.294 e. The first-order valence-corrected chi connectivity index (χ1v) is 12.1. The van der Waals surface area contributed by atoms with Crippen LogP contribution in [0, 0.1) is 12.7 Å². The number of amides is 2. The maximum atomic E-state index is 13.9. The third kappa shape index (κ3) is 3.92. The molecule has 2 aromatic heterocycles. The van der Waals surface area contributed by atoms with E-state index in [2.05, 4.69) is 5.10 Å². The largest absolute Gasteiger partial charge is 0.327 e. The van der Waals surface area contributed by atoms with E-state index in [4.69, 9.17) is 0 Å². The molecule has 5 rings (SSSR count). The summed E-state index contributed by atoms with van der Waals surface area (Å²) in [6.45, 7) is 3.79. The quantitative estimate of drug-likeness (QED) is 0.453. The maximum Gasteiger partial charge on any atom is 0.327 e. The zero-order valence-corrected chi connectivity index (χ0v) is 19.9. The molecule has 0 saturated heterocycles. The average molecular weight is 476 g/mol. The Balaban J connectivity index is 1.73. The fourth-order valence-electron chi connectivity index (χ4n) is 5.17. The van der Waals surface area contributed by atoms with Crippen LogP contribution < -0.4 is 10.1 Å². The molecule has 1 saturated carbocycles. The summed E-state index contributed by atoms with van der Waals surface area (Å²) < 4.78 is 16.4. The van der Waals surface area contributed by atoms with Gasteiger partial charge in [-0.3, -0.25) is 24.4 Å². The van der Waals surface area contributed by atoms with E-state index in [-0.39, 0.29) is 28.8 Å². The van der Waals surface area contributed by atoms with Gasteiger partial charge in [0.2, 0.25) is 0 Å². The lowest BCUT2D eigenvalue weighted by atomic mass is 9.94. The summed E-state index contributed by atoms with van der Waals surface area (Å²) in [4.78, 5) is 42.8. The minimum absolute atomic E-state index is 0.120. The molecule has 1 aliphatic carbocycles. The summed E-state index contributed by atoms with van der Waals surface area (Å²) >= 11 is 0. The normalized spacial score (nSPS) is 17.1. The molecular weight excluding hydrogens is 447 g/mol. The van der Waals surface area contributed by atoms with E-state index in [1.54, 1.807) is 17.0 Å². The fourth-order valence-corrected chi connectivity index (χ4v) is 5.17. The van der Waals surface area contributed by atoms with Gasteiger partial charge < -0.3 is 0 Å². The van der Waals surface area contributed by atoms with E-state index < -0.39 is 17.3 Å². The van der Waals surface area contributed by atoms with Gasteiger partial charge in [0.1, 0.15) is 11.4 Å². The zero-order valence-electron chi connectivity index (χ0n) is 19.9. The van der Waals surface area contributed by atoms with Gasteiger partial charge in [-0.05, 0) is 56.5 Å². The topological polar surface area (TPSA) is 79.1 Å². The number of halogens is 1. The van der Waals surface area contributed by atoms with Crippen LogP contribution >= 0.6 is 0 Å². The van der Waals surface area contributed by atoms with E-state index in [9.17, 15) is 18.8 Å². The number of imide groups is 1. The third-order valence-electron chi connectivity index (χ3n) is 6.89. The third-order valence-corrected chi connectivity index (χ3v) is 6.89. The van der Waals surface area contributed by atoms with Crippen molar-refractivity contribution in [3.05, 3.63) is 81.8 Å². The van der Waals surface area contributed by atoms with Gasteiger partial charge in [-0.25, -0.2) is 9.07 Å². The Morgan fingerprint density at radius 1 is 1.03 bits per heavy atom. The predicted molar refractivity (Wildman–Crippen MR) is 129 cm³/mol. The van der Waals surface area contributed by atoms with E-state index in [1.807, 2.05) is 26.0 Å². The zero-order chi connectivity index (χ0) is 24.7. The Kier molecular flexibility index (Phi) is 5.96. The highest BCUT2D eigenvalue weighted by Gasteiger charge is 2.49. The highest BCUT2D eigenvalue weighted by Crippen LogP contribution is 2.35. The van der Waals surface area contributed by atoms with Crippen molar-refractivity contribution in [2.75, 3.05) is 0 Å². The molecule has 0 bridgehead atoms. The Morgan fingerprint density at radius 2 is 1.74 bits per heavy atom. The number of aromatic nitrogens is 3. The summed E-state index contributed by atoms with van der Waals surface area (Å²) in [6.07, 6.45) is 8.52. The van der Waals surface area contributed by atoms with Crippen molar-refractivity contribution in [1.82, 2.24) is 14.7 Å². The van der Waals surface area contributed by atoms with Crippen molar-refractivity contribution in [1.29, 1.82) is 0 Å². The first-order chi connectivity index (χ1) is 16.9. The molecule has 2 aliphatic rings. The Morgan fingerprint density at radius 3 is 2.40 bits per heavy atom. The van der Waals surface area contributed by atoms with Gasteiger partial charge in [0.15, 0.2) is 12.4 Å². The van der Waals surface area contributed by atoms with Crippen LogP contribution in [0.3, 0.4) is 0 Å². The molecule has 2 amide bonds. The van der Waals surface area contributed by atoms with E-state index in [0.29, 0.717) is 17.8 Å². The second kappa shape index (κ2) is 9.09. The Bertz CT molecular complexity index is 1390. The number of benzene rings is 1. The van der Waals surface area contributed by atoms with Crippen molar-refractivity contribution in [3.8, 4) is 5.69 Å². The Labute approximate surface area is 202 Å². The average Bonchev–Trinajstić information content (AvgIpc) is 3.32. The molecule has 8 heteroatoms. The predicted octanol–water partition coefficient (Wildman–Crippen LogP) is 3.53. The first kappa shape index (κ1) is 23.0. The Hall–Kier alpha value is -3.81. The van der Waals surface area contributed by atoms with Crippen LogP contribution in [-0.2, 0) is 16.0 Å². The molecule has 0 spiro atoms. The molecule has 1 fully saturated rings. The molecule has 0 radical (unpaired) electrons. The van der Waals surface area contributed by atoms with Crippen LogP contribution in [0.2, 0.25) is 0 Å². The van der Waals surface area contributed by atoms with E-state index >= 15 is 0 Å². The minimum atomic E-state index is -0.444. The van der Waals surface area contributed by atoms with Crippen LogP contribution in [0.25, 0.3) is 17.0 Å². The van der Waals surface area contributed by atoms with Crippen molar-refractivity contribution in [2.24, 2.45) is 0 Å². The summed E-state index contributed by atoms with van der Waals surface area (Å²) in [7, 11) is 0. The maximum absolute atomic E-state index is 13.9. The van der Waals surface area contributed by atoms with Crippen molar-refractivity contribution in [3.63, 3.8) is 0 Å². The highest BCUT2D eigenvalue weighted by molar-refractivity contribution is 6.44. The molecule has 1 aromatic carbocycles. The van der Waals surface area contributed by atoms with Crippen LogP contribution in [0.5, 0.6) is 0 Å². The number of pyridine rings is 1. The van der Waals surface area contributed by atoms with Crippen molar-refractivity contribution >= 4 is 23.1 Å². The van der Waals surface area contributed by atoms with Crippen LogP contribution in [-0.4, -0.2) is 32.5 Å². The second-order valence-electron chi connectivity index (χ2n) is 9.22. The second-order valence-corrected chi connectivity index (χ2v) is 9.22. The van der Waals surface area contributed by atoms with Crippen molar-refractivity contribution in [2.45, 2.75) is 58.4 Å². The van der Waals surface area contributed by atoms with Crippen LogP contribution in [0.1, 0.15) is 55.8 Å². The SMILES string of the molecule is CCc1[nH]n(-c2ccc(F)cc2)c(=O)c1C1=C([n+]2cccc(C)c2)C(=O)N(C2CCCCC2)C1=O. The van der Waals surface area contributed by atoms with Gasteiger partial charge in [-0.15, -0.1) is 0 Å². The van der Waals surface area contributed by atoms with Gasteiger partial charge in [-0.1, -0.05) is 26.2 Å². The summed E-state index contributed by atoms with van der Waals surface area (Å²) in [5, 5.41) is 3.08. The molecule has 7 nitrogen and oxygen atoms in total. The van der Waals surface area contributed by atoms with E-state index in [0.717, 1.165) is 37.7 Å². The summed E-state index contributed by atoms with van der Waals surface area (Å²) in [5.41, 5.74) is 1.98. The molecule has 3 aromatic rings. The molecule has 3 heterocycles. The lowest BCUT2D eigenvalue weighted by Gasteiger charge is -2.29. The standard InChI is InChI=1S/C27H27FN4O3/c1-3-21-22(26(34)32(29-21)20-13-11-18(28)12-14-20)23-24(30-15-7-8-17(2)16-30)27(35)31(25(23)33)19-9-5-4-6-10-19/h7-8,11-16,19H,3-6,9-10H2,1-2H3/p+1. The van der Waals surface area contributed by atoms with Gasteiger partial charge in [0.25, 0.3) is 17.2 Å². The van der Waals surface area contributed by atoms with Gasteiger partial charge >= 0.3 is 5.91 Å². The number of H-pyrrole nitrogens is 1. The minimum Gasteiger partial charge on any atom is -0.294 e. The molecular formula is C27H28FN4O3+. The van der Waals surface area contributed by atoms with E-state index in [1.165, 1.54) is 33.8 Å². The van der Waals surface area contributed by atoms with Gasteiger partial charge in [-0.2, -0.15) is 4.57 Å². The van der Waals surface area contributed by atoms with Gasteiger partial charge in [0, 0.05) is 23.4 Å². The van der Waals surface area contributed by atoms with Crippen molar-refractivity contribution < 1.29 is 18.5 Å². The fraction of sp³-hybridized carbons (Fsp3) is 0.333. The number of hydrogen-bond acceptors (Lipinski definition) is 3. The first-order valence-electron chi connectivity index (χ1n) is 12.1. The summed E-state index contributed by atoms with van der Waals surface area (Å²) in [6, 6.07) is 9.09.